The van der Waals surface area contributed by atoms with E-state index in [4.69, 9.17) is 10.8 Å². The number of carbonyl (C=O) groups is 1. The number of hydrogen-bond donors (Lipinski definition) is 2. The fraction of sp³-hybridized carbons (Fsp3) is 0.167. The van der Waals surface area contributed by atoms with Gasteiger partial charge in [0.05, 0.1) is 15.5 Å². The highest BCUT2D eigenvalue weighted by atomic mass is 32.2. The Balaban J connectivity index is 2.10. The molecular formula is C12H11FN2O2S2. The molecule has 19 heavy (non-hydrogen) atoms. The van der Waals surface area contributed by atoms with Crippen molar-refractivity contribution in [2.45, 2.75) is 16.9 Å². The van der Waals surface area contributed by atoms with Gasteiger partial charge in [-0.25, -0.2) is 14.2 Å². The Kier molecular flexibility index (Phi) is 4.06. The van der Waals surface area contributed by atoms with Gasteiger partial charge in [0, 0.05) is 5.75 Å². The number of nitrogen functional groups attached to an aromatic ring is 1. The van der Waals surface area contributed by atoms with Crippen LogP contribution in [0.25, 0.3) is 0 Å². The lowest BCUT2D eigenvalue weighted by Gasteiger charge is -2.03. The third kappa shape index (κ3) is 3.24. The van der Waals surface area contributed by atoms with Gasteiger partial charge in [-0.1, -0.05) is 17.4 Å². The Morgan fingerprint density at radius 2 is 2.32 bits per heavy atom. The molecule has 0 amide bonds. The molecule has 0 saturated heterocycles. The number of thioether (sulfide) groups is 1. The van der Waals surface area contributed by atoms with E-state index in [0.717, 1.165) is 15.5 Å². The summed E-state index contributed by atoms with van der Waals surface area (Å²) < 4.78 is 14.5. The number of nitrogens with zero attached hydrogens (tertiary/aromatic N) is 1. The van der Waals surface area contributed by atoms with Crippen molar-refractivity contribution in [3.63, 3.8) is 0 Å². The van der Waals surface area contributed by atoms with E-state index in [1.165, 1.54) is 35.2 Å². The van der Waals surface area contributed by atoms with Crippen LogP contribution < -0.4 is 5.73 Å². The van der Waals surface area contributed by atoms with Crippen molar-refractivity contribution < 1.29 is 14.3 Å². The van der Waals surface area contributed by atoms with Crippen LogP contribution in [0.15, 0.2) is 22.4 Å². The number of nitrogens with two attached hydrogens (primary N) is 1. The summed E-state index contributed by atoms with van der Waals surface area (Å²) >= 11 is 2.89. The molecule has 0 aliphatic carbocycles. The number of carboxylic acids is 1. The number of carboxylic acid groups (broad SMARTS) is 1. The minimum Gasteiger partial charge on any atom is -0.478 e. The molecule has 0 atom stereocenters. The van der Waals surface area contributed by atoms with Crippen molar-refractivity contribution in [2.24, 2.45) is 0 Å². The van der Waals surface area contributed by atoms with E-state index in [1.807, 2.05) is 6.92 Å². The molecule has 0 bridgehead atoms. The van der Waals surface area contributed by atoms with Gasteiger partial charge in [0.1, 0.15) is 5.82 Å². The largest absolute Gasteiger partial charge is 0.478 e. The molecule has 1 aromatic heterocycles. The highest BCUT2D eigenvalue weighted by molar-refractivity contribution is 8.00. The van der Waals surface area contributed by atoms with E-state index >= 15 is 0 Å². The summed E-state index contributed by atoms with van der Waals surface area (Å²) in [6, 6.07) is 4.14. The van der Waals surface area contributed by atoms with Gasteiger partial charge < -0.3 is 10.8 Å². The Morgan fingerprint density at radius 3 is 2.84 bits per heavy atom. The predicted molar refractivity (Wildman–Crippen MR) is 74.2 cm³/mol. The number of thiazole rings is 1. The molecule has 0 fully saturated rings. The summed E-state index contributed by atoms with van der Waals surface area (Å²) in [5, 5.41) is 9.24. The minimum atomic E-state index is -1.26. The van der Waals surface area contributed by atoms with E-state index in [-0.39, 0.29) is 5.56 Å². The van der Waals surface area contributed by atoms with Crippen molar-refractivity contribution in [3.8, 4) is 0 Å². The number of benzene rings is 1. The van der Waals surface area contributed by atoms with E-state index in [9.17, 15) is 9.18 Å². The van der Waals surface area contributed by atoms with Crippen LogP contribution in [-0.4, -0.2) is 16.1 Å². The first-order valence-electron chi connectivity index (χ1n) is 5.35. The second-order valence-corrected chi connectivity index (χ2v) is 6.11. The maximum absolute atomic E-state index is 13.5. The predicted octanol–water partition coefficient (Wildman–Crippen LogP) is 3.16. The maximum Gasteiger partial charge on any atom is 0.338 e. The molecular weight excluding hydrogens is 287 g/mol. The zero-order chi connectivity index (χ0) is 14.0. The number of rotatable bonds is 4. The van der Waals surface area contributed by atoms with E-state index in [2.05, 4.69) is 4.98 Å². The number of anilines is 1. The molecule has 0 aliphatic rings. The van der Waals surface area contributed by atoms with Gasteiger partial charge in [-0.15, -0.1) is 11.8 Å². The first-order valence-corrected chi connectivity index (χ1v) is 7.15. The van der Waals surface area contributed by atoms with E-state index in [1.54, 1.807) is 6.07 Å². The van der Waals surface area contributed by atoms with Gasteiger partial charge in [-0.05, 0) is 24.6 Å². The lowest BCUT2D eigenvalue weighted by molar-refractivity contribution is 0.0692. The average molecular weight is 298 g/mol. The van der Waals surface area contributed by atoms with Crippen LogP contribution in [0.2, 0.25) is 0 Å². The molecule has 2 aromatic rings. The van der Waals surface area contributed by atoms with Gasteiger partial charge in [0.25, 0.3) is 0 Å². The van der Waals surface area contributed by atoms with Gasteiger partial charge in [-0.3, -0.25) is 0 Å². The van der Waals surface area contributed by atoms with Crippen LogP contribution in [-0.2, 0) is 5.75 Å². The fourth-order valence-electron chi connectivity index (χ4n) is 1.51. The second-order valence-electron chi connectivity index (χ2n) is 3.83. The molecule has 0 aliphatic heterocycles. The van der Waals surface area contributed by atoms with Crippen LogP contribution in [0, 0.1) is 12.7 Å². The molecule has 0 radical (unpaired) electrons. The number of halogens is 1. The SMILES string of the molecule is Cc1nc(N)sc1SCc1ccc(C(=O)O)c(F)c1. The smallest absolute Gasteiger partial charge is 0.338 e. The van der Waals surface area contributed by atoms with Crippen molar-refractivity contribution >= 4 is 34.2 Å². The average Bonchev–Trinajstić information content (AvgIpc) is 2.65. The maximum atomic E-state index is 13.5. The summed E-state index contributed by atoms with van der Waals surface area (Å²) in [7, 11) is 0. The number of aromatic carboxylic acids is 1. The molecule has 100 valence electrons. The lowest BCUT2D eigenvalue weighted by Crippen LogP contribution is -2.00. The lowest BCUT2D eigenvalue weighted by atomic mass is 10.1. The van der Waals surface area contributed by atoms with E-state index < -0.39 is 11.8 Å². The van der Waals surface area contributed by atoms with Crippen LogP contribution in [0.1, 0.15) is 21.6 Å². The first kappa shape index (κ1) is 13.8. The second kappa shape index (κ2) is 5.58. The van der Waals surface area contributed by atoms with Crippen LogP contribution in [0.5, 0.6) is 0 Å². The summed E-state index contributed by atoms with van der Waals surface area (Å²) in [4.78, 5) is 14.8. The summed E-state index contributed by atoms with van der Waals surface area (Å²) in [5.41, 5.74) is 6.86. The normalized spacial score (nSPS) is 10.6. The summed E-state index contributed by atoms with van der Waals surface area (Å²) in [6.45, 7) is 1.86. The number of aromatic nitrogens is 1. The molecule has 0 spiro atoms. The minimum absolute atomic E-state index is 0.313. The summed E-state index contributed by atoms with van der Waals surface area (Å²) in [5.74, 6) is -1.44. The molecule has 7 heteroatoms. The molecule has 4 nitrogen and oxygen atoms in total. The monoisotopic (exact) mass is 298 g/mol. The first-order chi connectivity index (χ1) is 8.97. The number of hydrogen-bond acceptors (Lipinski definition) is 5. The highest BCUT2D eigenvalue weighted by Crippen LogP contribution is 2.32. The zero-order valence-electron chi connectivity index (χ0n) is 10.0. The van der Waals surface area contributed by atoms with Crippen molar-refractivity contribution in [1.82, 2.24) is 4.98 Å². The highest BCUT2D eigenvalue weighted by Gasteiger charge is 2.11. The van der Waals surface area contributed by atoms with Crippen molar-refractivity contribution in [3.05, 3.63) is 40.8 Å². The van der Waals surface area contributed by atoms with Gasteiger partial charge in [0.2, 0.25) is 0 Å². The topological polar surface area (TPSA) is 76.2 Å². The number of aryl methyl sites for hydroxylation is 1. The quantitative estimate of drug-likeness (QED) is 0.848. The Bertz CT molecular complexity index is 628. The van der Waals surface area contributed by atoms with Crippen LogP contribution in [0.4, 0.5) is 9.52 Å². The Hall–Kier alpha value is -1.60. The van der Waals surface area contributed by atoms with E-state index in [0.29, 0.717) is 10.9 Å². The Labute approximate surface area is 117 Å². The van der Waals surface area contributed by atoms with Gasteiger partial charge in [0.15, 0.2) is 5.13 Å². The molecule has 0 saturated carbocycles. The van der Waals surface area contributed by atoms with Crippen molar-refractivity contribution in [1.29, 1.82) is 0 Å². The standard InChI is InChI=1S/C12H11FN2O2S2/c1-6-11(19-12(14)15-6)18-5-7-2-3-8(10(16)17)9(13)4-7/h2-4H,5H2,1H3,(H2,14,15)(H,16,17). The molecule has 0 unspecified atom stereocenters. The van der Waals surface area contributed by atoms with Crippen molar-refractivity contribution in [2.75, 3.05) is 5.73 Å². The fourth-order valence-corrected chi connectivity index (χ4v) is 3.47. The van der Waals surface area contributed by atoms with Gasteiger partial charge >= 0.3 is 5.97 Å². The van der Waals surface area contributed by atoms with Gasteiger partial charge in [-0.2, -0.15) is 0 Å². The zero-order valence-corrected chi connectivity index (χ0v) is 11.6. The molecule has 1 heterocycles. The molecule has 1 aromatic carbocycles. The Morgan fingerprint density at radius 1 is 1.58 bits per heavy atom. The van der Waals surface area contributed by atoms with Crippen LogP contribution in [0.3, 0.4) is 0 Å². The third-order valence-electron chi connectivity index (χ3n) is 2.40. The summed E-state index contributed by atoms with van der Waals surface area (Å²) in [6.07, 6.45) is 0. The molecule has 2 rings (SSSR count). The van der Waals surface area contributed by atoms with Crippen LogP contribution >= 0.6 is 23.1 Å². The third-order valence-corrected chi connectivity index (χ3v) is 4.82. The molecule has 3 N–H and O–H groups in total.